The van der Waals surface area contributed by atoms with Gasteiger partial charge in [0.1, 0.15) is 0 Å². The fourth-order valence-electron chi connectivity index (χ4n) is 3.60. The van der Waals surface area contributed by atoms with Crippen LogP contribution in [0.2, 0.25) is 10.0 Å². The maximum atomic E-state index is 13.0. The largest absolute Gasteiger partial charge is 0.463 e. The summed E-state index contributed by atoms with van der Waals surface area (Å²) >= 11 is 12.5. The summed E-state index contributed by atoms with van der Waals surface area (Å²) in [6.45, 7) is 7.42. The molecule has 0 saturated carbocycles. The molecule has 0 bridgehead atoms. The maximum absolute atomic E-state index is 13.0. The Bertz CT molecular complexity index is 809. The van der Waals surface area contributed by atoms with Gasteiger partial charge in [-0.1, -0.05) is 29.3 Å². The fourth-order valence-corrected chi connectivity index (χ4v) is 4.12. The number of nitrogens with one attached hydrogen (secondary N) is 1. The van der Waals surface area contributed by atoms with E-state index in [1.807, 2.05) is 6.92 Å². The summed E-state index contributed by atoms with van der Waals surface area (Å²) in [5, 5.41) is 3.76. The van der Waals surface area contributed by atoms with E-state index in [-0.39, 0.29) is 12.6 Å². The first-order chi connectivity index (χ1) is 14.0. The van der Waals surface area contributed by atoms with Gasteiger partial charge in [-0.15, -0.1) is 0 Å². The molecule has 2 amide bonds. The molecule has 2 aliphatic rings. The van der Waals surface area contributed by atoms with E-state index in [2.05, 4.69) is 10.2 Å². The molecule has 0 spiro atoms. The van der Waals surface area contributed by atoms with E-state index in [0.29, 0.717) is 53.2 Å². The highest BCUT2D eigenvalue weighted by atomic mass is 35.5. The Hall–Kier alpha value is -1.80. The molecule has 1 saturated heterocycles. The predicted octanol–water partition coefficient (Wildman–Crippen LogP) is 3.23. The Labute approximate surface area is 180 Å². The number of carbonyl (C=O) groups excluding carboxylic acids is 2. The molecule has 7 nitrogen and oxygen atoms in total. The highest BCUT2D eigenvalue weighted by Gasteiger charge is 2.39. The lowest BCUT2D eigenvalue weighted by Crippen LogP contribution is -2.51. The minimum Gasteiger partial charge on any atom is -0.463 e. The number of hydrogen-bond donors (Lipinski definition) is 1. The standard InChI is InChI=1S/C20H25Cl2N3O4/c1-3-25-16(12-24-7-9-28-10-8-24)17(19(26)29-4-2)18(23-20(25)27)14-6-5-13(21)11-15(14)22/h5-6,11,18H,3-4,7-10,12H2,1-2H3,(H,23,27)/t18-/m1/s1. The summed E-state index contributed by atoms with van der Waals surface area (Å²) in [6, 6.07) is 4.01. The minimum absolute atomic E-state index is 0.230. The van der Waals surface area contributed by atoms with Crippen molar-refractivity contribution in [3.8, 4) is 0 Å². The van der Waals surface area contributed by atoms with Crippen LogP contribution in [-0.2, 0) is 14.3 Å². The zero-order chi connectivity index (χ0) is 21.0. The first-order valence-corrected chi connectivity index (χ1v) is 10.4. The second kappa shape index (κ2) is 9.80. The number of carbonyl (C=O) groups is 2. The normalized spacial score (nSPS) is 20.6. The minimum atomic E-state index is -0.717. The summed E-state index contributed by atoms with van der Waals surface area (Å²) < 4.78 is 10.8. The van der Waals surface area contributed by atoms with Crippen molar-refractivity contribution in [1.82, 2.24) is 15.1 Å². The molecule has 1 atom stereocenters. The van der Waals surface area contributed by atoms with Gasteiger partial charge in [-0.3, -0.25) is 9.80 Å². The number of hydrogen-bond acceptors (Lipinski definition) is 5. The van der Waals surface area contributed by atoms with Crippen LogP contribution in [0.4, 0.5) is 4.79 Å². The first kappa shape index (κ1) is 21.9. The number of benzene rings is 1. The van der Waals surface area contributed by atoms with E-state index >= 15 is 0 Å². The van der Waals surface area contributed by atoms with Crippen molar-refractivity contribution in [3.63, 3.8) is 0 Å². The van der Waals surface area contributed by atoms with Gasteiger partial charge in [-0.05, 0) is 31.5 Å². The number of urea groups is 1. The van der Waals surface area contributed by atoms with Crippen LogP contribution in [0.1, 0.15) is 25.5 Å². The number of likely N-dealkylation sites (N-methyl/N-ethyl adjacent to an activating group) is 1. The van der Waals surface area contributed by atoms with Crippen LogP contribution < -0.4 is 5.32 Å². The lowest BCUT2D eigenvalue weighted by atomic mass is 9.94. The van der Waals surface area contributed by atoms with E-state index in [1.165, 1.54) is 0 Å². The van der Waals surface area contributed by atoms with Crippen LogP contribution in [-0.4, -0.2) is 67.8 Å². The van der Waals surface area contributed by atoms with Gasteiger partial charge in [0, 0.05) is 41.9 Å². The predicted molar refractivity (Wildman–Crippen MR) is 111 cm³/mol. The second-order valence-electron chi connectivity index (χ2n) is 6.76. The molecule has 0 aliphatic carbocycles. The smallest absolute Gasteiger partial charge is 0.338 e. The van der Waals surface area contributed by atoms with Gasteiger partial charge in [-0.25, -0.2) is 9.59 Å². The molecule has 0 aromatic heterocycles. The quantitative estimate of drug-likeness (QED) is 0.686. The lowest BCUT2D eigenvalue weighted by Gasteiger charge is -2.39. The number of amides is 2. The number of rotatable bonds is 6. The molecular formula is C20H25Cl2N3O4. The van der Waals surface area contributed by atoms with E-state index in [4.69, 9.17) is 32.7 Å². The van der Waals surface area contributed by atoms with Gasteiger partial charge in [0.2, 0.25) is 0 Å². The van der Waals surface area contributed by atoms with Crippen molar-refractivity contribution in [2.24, 2.45) is 0 Å². The third kappa shape index (κ3) is 4.86. The van der Waals surface area contributed by atoms with Crippen LogP contribution >= 0.6 is 23.2 Å². The molecule has 2 heterocycles. The molecule has 9 heteroatoms. The van der Waals surface area contributed by atoms with Crippen LogP contribution in [0.5, 0.6) is 0 Å². The fraction of sp³-hybridized carbons (Fsp3) is 0.500. The SMILES string of the molecule is CCOC(=O)C1=C(CN2CCOCC2)N(CC)C(=O)N[C@@H]1c1ccc(Cl)cc1Cl. The van der Waals surface area contributed by atoms with Gasteiger partial charge >= 0.3 is 12.0 Å². The van der Waals surface area contributed by atoms with Crippen LogP contribution in [0.25, 0.3) is 0 Å². The van der Waals surface area contributed by atoms with Crippen molar-refractivity contribution >= 4 is 35.2 Å². The summed E-state index contributed by atoms with van der Waals surface area (Å²) in [4.78, 5) is 29.6. The van der Waals surface area contributed by atoms with E-state index < -0.39 is 12.0 Å². The average Bonchev–Trinajstić information content (AvgIpc) is 2.69. The number of morpholine rings is 1. The van der Waals surface area contributed by atoms with Gasteiger partial charge in [0.05, 0.1) is 31.4 Å². The number of nitrogens with zero attached hydrogens (tertiary/aromatic N) is 2. The average molecular weight is 442 g/mol. The molecule has 3 rings (SSSR count). The van der Waals surface area contributed by atoms with Crippen molar-refractivity contribution < 1.29 is 19.1 Å². The third-order valence-corrected chi connectivity index (χ3v) is 5.56. The van der Waals surface area contributed by atoms with Crippen molar-refractivity contribution in [1.29, 1.82) is 0 Å². The topological polar surface area (TPSA) is 71.1 Å². The molecular weight excluding hydrogens is 417 g/mol. The molecule has 1 fully saturated rings. The molecule has 158 valence electrons. The molecule has 1 aromatic rings. The van der Waals surface area contributed by atoms with Gasteiger partial charge < -0.3 is 14.8 Å². The number of esters is 1. The zero-order valence-electron chi connectivity index (χ0n) is 16.5. The Morgan fingerprint density at radius 2 is 2.00 bits per heavy atom. The van der Waals surface area contributed by atoms with E-state index in [1.54, 1.807) is 30.0 Å². The lowest BCUT2D eigenvalue weighted by molar-refractivity contribution is -0.139. The highest BCUT2D eigenvalue weighted by Crippen LogP contribution is 2.36. The number of ether oxygens (including phenoxy) is 2. The zero-order valence-corrected chi connectivity index (χ0v) is 18.1. The van der Waals surface area contributed by atoms with Crippen molar-refractivity contribution in [3.05, 3.63) is 45.1 Å². The van der Waals surface area contributed by atoms with E-state index in [0.717, 1.165) is 13.1 Å². The van der Waals surface area contributed by atoms with Crippen molar-refractivity contribution in [2.75, 3.05) is 46.0 Å². The van der Waals surface area contributed by atoms with E-state index in [9.17, 15) is 9.59 Å². The monoisotopic (exact) mass is 441 g/mol. The van der Waals surface area contributed by atoms with Gasteiger partial charge in [-0.2, -0.15) is 0 Å². The first-order valence-electron chi connectivity index (χ1n) is 9.69. The molecule has 29 heavy (non-hydrogen) atoms. The van der Waals surface area contributed by atoms with Crippen LogP contribution in [0, 0.1) is 0 Å². The molecule has 1 N–H and O–H groups in total. The third-order valence-electron chi connectivity index (χ3n) is 5.00. The molecule has 2 aliphatic heterocycles. The maximum Gasteiger partial charge on any atom is 0.338 e. The Morgan fingerprint density at radius 3 is 2.62 bits per heavy atom. The summed E-state index contributed by atoms with van der Waals surface area (Å²) in [6.07, 6.45) is 0. The summed E-state index contributed by atoms with van der Waals surface area (Å²) in [5.74, 6) is -0.467. The van der Waals surface area contributed by atoms with Crippen molar-refractivity contribution in [2.45, 2.75) is 19.9 Å². The summed E-state index contributed by atoms with van der Waals surface area (Å²) in [7, 11) is 0. The highest BCUT2D eigenvalue weighted by molar-refractivity contribution is 6.35. The summed E-state index contributed by atoms with van der Waals surface area (Å²) in [5.41, 5.74) is 1.62. The number of halogens is 2. The van der Waals surface area contributed by atoms with Crippen LogP contribution in [0.15, 0.2) is 29.5 Å². The Kier molecular flexibility index (Phi) is 7.40. The molecule has 1 aromatic carbocycles. The molecule has 0 unspecified atom stereocenters. The Balaban J connectivity index is 2.11. The Morgan fingerprint density at radius 1 is 1.28 bits per heavy atom. The van der Waals surface area contributed by atoms with Crippen LogP contribution in [0.3, 0.4) is 0 Å². The second-order valence-corrected chi connectivity index (χ2v) is 7.61. The molecule has 0 radical (unpaired) electrons. The van der Waals surface area contributed by atoms with Gasteiger partial charge in [0.25, 0.3) is 0 Å². The van der Waals surface area contributed by atoms with Gasteiger partial charge in [0.15, 0.2) is 0 Å².